The van der Waals surface area contributed by atoms with Gasteiger partial charge in [-0.05, 0) is 36.8 Å². The Morgan fingerprint density at radius 2 is 1.75 bits per heavy atom. The first-order valence-corrected chi connectivity index (χ1v) is 9.41. The Morgan fingerprint density at radius 3 is 2.29 bits per heavy atom. The third-order valence-corrected chi connectivity index (χ3v) is 5.16. The maximum absolute atomic E-state index is 11.6. The lowest BCUT2D eigenvalue weighted by Gasteiger charge is -2.24. The van der Waals surface area contributed by atoms with E-state index in [0.717, 1.165) is 11.3 Å². The lowest BCUT2D eigenvalue weighted by molar-refractivity contribution is 0.602. The smallest absolute Gasteiger partial charge is 0.175 e. The molecule has 5 nitrogen and oxygen atoms in total. The molecule has 3 rings (SSSR count). The van der Waals surface area contributed by atoms with E-state index in [1.165, 1.54) is 11.8 Å². The number of hydrogen-bond acceptors (Lipinski definition) is 5. The summed E-state index contributed by atoms with van der Waals surface area (Å²) in [5, 5.41) is 15.4. The Hall–Kier alpha value is -2.65. The summed E-state index contributed by atoms with van der Waals surface area (Å²) in [6.45, 7) is 2.03. The first kappa shape index (κ1) is 16.2. The molecule has 0 fully saturated rings. The van der Waals surface area contributed by atoms with Crippen molar-refractivity contribution in [2.24, 2.45) is 5.10 Å². The van der Waals surface area contributed by atoms with Crippen LogP contribution in [0, 0.1) is 18.3 Å². The van der Waals surface area contributed by atoms with Gasteiger partial charge < -0.3 is 0 Å². The van der Waals surface area contributed by atoms with Crippen molar-refractivity contribution in [3.05, 3.63) is 59.7 Å². The van der Waals surface area contributed by atoms with Crippen molar-refractivity contribution in [1.29, 1.82) is 5.26 Å². The van der Waals surface area contributed by atoms with Crippen LogP contribution in [0.1, 0.15) is 23.6 Å². The Bertz CT molecular complexity index is 924. The maximum Gasteiger partial charge on any atom is 0.175 e. The number of nitrogens with zero attached hydrogens (tertiary/aromatic N) is 3. The van der Waals surface area contributed by atoms with Gasteiger partial charge in [-0.3, -0.25) is 5.01 Å². The number of aryl methyl sites for hydroxylation is 1. The van der Waals surface area contributed by atoms with Gasteiger partial charge in [-0.25, -0.2) is 8.42 Å². The molecule has 2 aromatic rings. The highest BCUT2D eigenvalue weighted by atomic mass is 32.2. The van der Waals surface area contributed by atoms with Crippen molar-refractivity contribution >= 4 is 21.2 Å². The van der Waals surface area contributed by atoms with E-state index in [9.17, 15) is 13.7 Å². The van der Waals surface area contributed by atoms with Crippen LogP contribution in [0.2, 0.25) is 0 Å². The van der Waals surface area contributed by atoms with Crippen LogP contribution in [0.3, 0.4) is 0 Å². The zero-order chi connectivity index (χ0) is 17.3. The molecule has 1 aliphatic rings. The van der Waals surface area contributed by atoms with Crippen LogP contribution in [0.4, 0.5) is 5.69 Å². The average molecular weight is 339 g/mol. The highest BCUT2D eigenvalue weighted by Crippen LogP contribution is 2.35. The van der Waals surface area contributed by atoms with Crippen LogP contribution in [-0.2, 0) is 9.84 Å². The van der Waals surface area contributed by atoms with E-state index in [-0.39, 0.29) is 10.9 Å². The largest absolute Gasteiger partial charge is 0.257 e. The molecule has 0 aliphatic carbocycles. The van der Waals surface area contributed by atoms with E-state index in [2.05, 4.69) is 11.2 Å². The molecule has 0 saturated heterocycles. The van der Waals surface area contributed by atoms with E-state index in [4.69, 9.17) is 0 Å². The van der Waals surface area contributed by atoms with E-state index in [1.54, 1.807) is 29.3 Å². The lowest BCUT2D eigenvalue weighted by Crippen LogP contribution is -2.18. The maximum atomic E-state index is 11.6. The molecular weight excluding hydrogens is 322 g/mol. The van der Waals surface area contributed by atoms with E-state index in [1.807, 2.05) is 31.2 Å². The molecule has 2 aromatic carbocycles. The molecule has 0 spiro atoms. The van der Waals surface area contributed by atoms with Crippen LogP contribution in [0.5, 0.6) is 0 Å². The molecule has 0 amide bonds. The van der Waals surface area contributed by atoms with Gasteiger partial charge in [-0.15, -0.1) is 0 Å². The fourth-order valence-corrected chi connectivity index (χ4v) is 3.34. The van der Waals surface area contributed by atoms with Crippen LogP contribution in [-0.4, -0.2) is 20.4 Å². The minimum absolute atomic E-state index is 0.0654. The topological polar surface area (TPSA) is 73.5 Å². The summed E-state index contributed by atoms with van der Waals surface area (Å²) in [5.41, 5.74) is 3.47. The molecule has 0 saturated carbocycles. The molecule has 1 heterocycles. The third kappa shape index (κ3) is 3.17. The molecule has 0 radical (unpaired) electrons. The quantitative estimate of drug-likeness (QED) is 0.860. The predicted octanol–water partition coefficient (Wildman–Crippen LogP) is 3.23. The van der Waals surface area contributed by atoms with E-state index >= 15 is 0 Å². The van der Waals surface area contributed by atoms with Gasteiger partial charge in [0.2, 0.25) is 0 Å². The van der Waals surface area contributed by atoms with Crippen LogP contribution < -0.4 is 5.01 Å². The summed E-state index contributed by atoms with van der Waals surface area (Å²) in [7, 11) is -3.24. The summed E-state index contributed by atoms with van der Waals surface area (Å²) in [5.74, 6) is 0. The first-order chi connectivity index (χ1) is 11.4. The molecule has 122 valence electrons. The zero-order valence-corrected chi connectivity index (χ0v) is 14.3. The number of anilines is 1. The van der Waals surface area contributed by atoms with Gasteiger partial charge in [-0.1, -0.05) is 29.8 Å². The van der Waals surface area contributed by atoms with Crippen molar-refractivity contribution in [1.82, 2.24) is 0 Å². The Morgan fingerprint density at radius 1 is 1.12 bits per heavy atom. The molecule has 1 aliphatic heterocycles. The number of benzene rings is 2. The fourth-order valence-electron chi connectivity index (χ4n) is 2.71. The second-order valence-electron chi connectivity index (χ2n) is 5.90. The van der Waals surface area contributed by atoms with Crippen molar-refractivity contribution in [2.45, 2.75) is 24.3 Å². The lowest BCUT2D eigenvalue weighted by atomic mass is 10.0. The van der Waals surface area contributed by atoms with Crippen molar-refractivity contribution in [3.63, 3.8) is 0 Å². The molecule has 0 N–H and O–H groups in total. The fraction of sp³-hybridized carbons (Fsp3) is 0.222. The van der Waals surface area contributed by atoms with Gasteiger partial charge in [0, 0.05) is 12.7 Å². The average Bonchev–Trinajstić information content (AvgIpc) is 2.99. The van der Waals surface area contributed by atoms with Crippen LogP contribution >= 0.6 is 0 Å². The Kier molecular flexibility index (Phi) is 4.12. The molecule has 6 heteroatoms. The second-order valence-corrected chi connectivity index (χ2v) is 7.92. The van der Waals surface area contributed by atoms with Crippen LogP contribution in [0.25, 0.3) is 0 Å². The standard InChI is InChI=1S/C18H17N3O2S/c1-13-3-5-14(6-4-13)18-11-15(12-19)20-21(18)16-7-9-17(10-8-16)24(2,22)23/h3-10,18H,11H2,1-2H3. The summed E-state index contributed by atoms with van der Waals surface area (Å²) in [6, 6.07) is 16.8. The molecule has 1 unspecified atom stereocenters. The van der Waals surface area contributed by atoms with Crippen molar-refractivity contribution in [3.8, 4) is 6.07 Å². The summed E-state index contributed by atoms with van der Waals surface area (Å²) >= 11 is 0. The second kappa shape index (κ2) is 6.10. The SMILES string of the molecule is Cc1ccc(C2CC(C#N)=NN2c2ccc(S(C)(=O)=O)cc2)cc1. The van der Waals surface area contributed by atoms with Gasteiger partial charge in [0.1, 0.15) is 11.8 Å². The Labute approximate surface area is 141 Å². The molecule has 1 atom stereocenters. The highest BCUT2D eigenvalue weighted by Gasteiger charge is 2.29. The van der Waals surface area contributed by atoms with Gasteiger partial charge in [0.05, 0.1) is 16.6 Å². The van der Waals surface area contributed by atoms with Crippen molar-refractivity contribution < 1.29 is 8.42 Å². The molecule has 24 heavy (non-hydrogen) atoms. The summed E-state index contributed by atoms with van der Waals surface area (Å²) < 4.78 is 23.2. The highest BCUT2D eigenvalue weighted by molar-refractivity contribution is 7.90. The number of rotatable bonds is 3. The van der Waals surface area contributed by atoms with E-state index in [0.29, 0.717) is 12.1 Å². The molecular formula is C18H17N3O2S. The Balaban J connectivity index is 1.98. The first-order valence-electron chi connectivity index (χ1n) is 7.52. The number of hydrogen-bond donors (Lipinski definition) is 0. The van der Waals surface area contributed by atoms with Gasteiger partial charge >= 0.3 is 0 Å². The van der Waals surface area contributed by atoms with Gasteiger partial charge in [0.15, 0.2) is 9.84 Å². The van der Waals surface area contributed by atoms with E-state index < -0.39 is 9.84 Å². The predicted molar refractivity (Wildman–Crippen MR) is 93.6 cm³/mol. The monoisotopic (exact) mass is 339 g/mol. The normalized spacial score (nSPS) is 17.5. The number of sulfone groups is 1. The van der Waals surface area contributed by atoms with Gasteiger partial charge in [-0.2, -0.15) is 10.4 Å². The number of nitriles is 1. The van der Waals surface area contributed by atoms with Gasteiger partial charge in [0.25, 0.3) is 0 Å². The minimum atomic E-state index is -3.24. The number of hydrazone groups is 1. The molecule has 0 bridgehead atoms. The molecule has 0 aromatic heterocycles. The third-order valence-electron chi connectivity index (χ3n) is 4.03. The summed E-state index contributed by atoms with van der Waals surface area (Å²) in [6.07, 6.45) is 1.71. The minimum Gasteiger partial charge on any atom is -0.257 e. The van der Waals surface area contributed by atoms with Crippen molar-refractivity contribution in [2.75, 3.05) is 11.3 Å². The summed E-state index contributed by atoms with van der Waals surface area (Å²) in [4.78, 5) is 0.266. The van der Waals surface area contributed by atoms with Crippen LogP contribution in [0.15, 0.2) is 58.5 Å². The zero-order valence-electron chi connectivity index (χ0n) is 13.5.